The minimum absolute atomic E-state index is 0.314. The number of amides is 1. The summed E-state index contributed by atoms with van der Waals surface area (Å²) in [5, 5.41) is 3.45. The third-order valence-electron chi connectivity index (χ3n) is 4.39. The van der Waals surface area contributed by atoms with Gasteiger partial charge in [0.25, 0.3) is 0 Å². The van der Waals surface area contributed by atoms with E-state index in [9.17, 15) is 4.79 Å². The Balaban J connectivity index is 1.63. The van der Waals surface area contributed by atoms with Crippen LogP contribution in [0, 0.1) is 6.92 Å². The molecule has 2 atom stereocenters. The normalized spacial score (nSPS) is 25.6. The average molecular weight is 290 g/mol. The monoisotopic (exact) mass is 290 g/mol. The second kappa shape index (κ2) is 6.19. The summed E-state index contributed by atoms with van der Waals surface area (Å²) in [6, 6.07) is 9.19. The molecule has 20 heavy (non-hydrogen) atoms. The van der Waals surface area contributed by atoms with Crippen molar-refractivity contribution < 1.29 is 4.79 Å². The predicted octanol–water partition coefficient (Wildman–Crippen LogP) is 2.44. The number of rotatable bonds is 3. The third kappa shape index (κ3) is 2.86. The highest BCUT2D eigenvalue weighted by molar-refractivity contribution is 8.00. The SMILES string of the molecule is Cc1ccccc1SCC(=O)N1C2CCNCC1CC2. The van der Waals surface area contributed by atoms with Crippen LogP contribution in [0.15, 0.2) is 29.2 Å². The fourth-order valence-electron chi connectivity index (χ4n) is 3.32. The van der Waals surface area contributed by atoms with Gasteiger partial charge in [0.05, 0.1) is 5.75 Å². The van der Waals surface area contributed by atoms with E-state index in [4.69, 9.17) is 0 Å². The summed E-state index contributed by atoms with van der Waals surface area (Å²) < 4.78 is 0. The minimum atomic E-state index is 0.314. The van der Waals surface area contributed by atoms with Gasteiger partial charge in [0.2, 0.25) is 5.91 Å². The Bertz CT molecular complexity index is 477. The second-order valence-electron chi connectivity index (χ2n) is 5.73. The number of aryl methyl sites for hydroxylation is 1. The molecule has 2 bridgehead atoms. The van der Waals surface area contributed by atoms with Gasteiger partial charge < -0.3 is 10.2 Å². The van der Waals surface area contributed by atoms with Crippen molar-refractivity contribution in [2.45, 2.75) is 43.2 Å². The van der Waals surface area contributed by atoms with Crippen molar-refractivity contribution in [1.29, 1.82) is 0 Å². The van der Waals surface area contributed by atoms with Crippen LogP contribution in [0.2, 0.25) is 0 Å². The zero-order valence-corrected chi connectivity index (χ0v) is 12.8. The zero-order valence-electron chi connectivity index (χ0n) is 12.0. The van der Waals surface area contributed by atoms with E-state index >= 15 is 0 Å². The molecule has 4 heteroatoms. The highest BCUT2D eigenvalue weighted by Gasteiger charge is 2.37. The van der Waals surface area contributed by atoms with Gasteiger partial charge in [-0.25, -0.2) is 0 Å². The van der Waals surface area contributed by atoms with Crippen LogP contribution in [0.25, 0.3) is 0 Å². The molecule has 2 saturated heterocycles. The van der Waals surface area contributed by atoms with Gasteiger partial charge in [0.1, 0.15) is 0 Å². The molecule has 0 saturated carbocycles. The van der Waals surface area contributed by atoms with Crippen LogP contribution in [-0.4, -0.2) is 41.7 Å². The summed E-state index contributed by atoms with van der Waals surface area (Å²) in [4.78, 5) is 16.0. The highest BCUT2D eigenvalue weighted by atomic mass is 32.2. The fourth-order valence-corrected chi connectivity index (χ4v) is 4.22. The molecule has 0 aromatic heterocycles. The Kier molecular flexibility index (Phi) is 4.32. The molecule has 2 aliphatic rings. The third-order valence-corrected chi connectivity index (χ3v) is 5.55. The first kappa shape index (κ1) is 14.0. The Morgan fingerprint density at radius 2 is 2.10 bits per heavy atom. The first-order valence-corrected chi connectivity index (χ1v) is 8.44. The molecule has 2 fully saturated rings. The van der Waals surface area contributed by atoms with E-state index in [1.54, 1.807) is 11.8 Å². The van der Waals surface area contributed by atoms with Gasteiger partial charge in [0, 0.05) is 23.5 Å². The molecule has 1 aromatic carbocycles. The Labute approximate surface area is 125 Å². The molecule has 2 heterocycles. The predicted molar refractivity (Wildman–Crippen MR) is 83.0 cm³/mol. The maximum absolute atomic E-state index is 12.6. The second-order valence-corrected chi connectivity index (χ2v) is 6.75. The molecular formula is C16H22N2OS. The number of thioether (sulfide) groups is 1. The van der Waals surface area contributed by atoms with Crippen LogP contribution >= 0.6 is 11.8 Å². The molecule has 1 N–H and O–H groups in total. The number of carbonyl (C=O) groups excluding carboxylic acids is 1. The quantitative estimate of drug-likeness (QED) is 0.868. The van der Waals surface area contributed by atoms with E-state index in [2.05, 4.69) is 29.3 Å². The van der Waals surface area contributed by atoms with Gasteiger partial charge in [-0.1, -0.05) is 18.2 Å². The van der Waals surface area contributed by atoms with E-state index in [0.717, 1.165) is 19.5 Å². The van der Waals surface area contributed by atoms with Crippen LogP contribution in [-0.2, 0) is 4.79 Å². The number of carbonyl (C=O) groups is 1. The lowest BCUT2D eigenvalue weighted by Crippen LogP contribution is -2.43. The van der Waals surface area contributed by atoms with Gasteiger partial charge in [-0.3, -0.25) is 4.79 Å². The number of fused-ring (bicyclic) bond motifs is 2. The summed E-state index contributed by atoms with van der Waals surface area (Å²) in [5.74, 6) is 0.882. The number of nitrogens with one attached hydrogen (secondary N) is 1. The van der Waals surface area contributed by atoms with Gasteiger partial charge in [-0.05, 0) is 44.4 Å². The summed E-state index contributed by atoms with van der Waals surface area (Å²) >= 11 is 1.68. The number of hydrogen-bond acceptors (Lipinski definition) is 3. The van der Waals surface area contributed by atoms with Crippen molar-refractivity contribution >= 4 is 17.7 Å². The van der Waals surface area contributed by atoms with Crippen molar-refractivity contribution in [1.82, 2.24) is 10.2 Å². The van der Waals surface area contributed by atoms with Gasteiger partial charge >= 0.3 is 0 Å². The smallest absolute Gasteiger partial charge is 0.233 e. The zero-order chi connectivity index (χ0) is 13.9. The topological polar surface area (TPSA) is 32.3 Å². The summed E-state index contributed by atoms with van der Waals surface area (Å²) in [6.45, 7) is 4.12. The van der Waals surface area contributed by atoms with Crippen LogP contribution in [0.4, 0.5) is 0 Å². The van der Waals surface area contributed by atoms with E-state index in [-0.39, 0.29) is 0 Å². The minimum Gasteiger partial charge on any atom is -0.335 e. The lowest BCUT2D eigenvalue weighted by atomic mass is 10.1. The highest BCUT2D eigenvalue weighted by Crippen LogP contribution is 2.30. The van der Waals surface area contributed by atoms with Crippen molar-refractivity contribution in [2.24, 2.45) is 0 Å². The van der Waals surface area contributed by atoms with E-state index in [0.29, 0.717) is 23.7 Å². The Hall–Kier alpha value is -1.00. The van der Waals surface area contributed by atoms with Crippen LogP contribution in [0.3, 0.4) is 0 Å². The van der Waals surface area contributed by atoms with Gasteiger partial charge in [-0.15, -0.1) is 11.8 Å². The standard InChI is InChI=1S/C16H22N2OS/c1-12-4-2-3-5-15(12)20-11-16(19)18-13-6-7-14(18)10-17-9-8-13/h2-5,13-14,17H,6-11H2,1H3. The largest absolute Gasteiger partial charge is 0.335 e. The number of nitrogens with zero attached hydrogens (tertiary/aromatic N) is 1. The molecule has 1 amide bonds. The lowest BCUT2D eigenvalue weighted by Gasteiger charge is -2.27. The first-order chi connectivity index (χ1) is 9.75. The molecule has 2 aliphatic heterocycles. The number of benzene rings is 1. The van der Waals surface area contributed by atoms with Crippen molar-refractivity contribution in [3.05, 3.63) is 29.8 Å². The van der Waals surface area contributed by atoms with E-state index in [1.807, 2.05) is 12.1 Å². The van der Waals surface area contributed by atoms with Crippen molar-refractivity contribution in [3.8, 4) is 0 Å². The van der Waals surface area contributed by atoms with Crippen LogP contribution in [0.5, 0.6) is 0 Å². The van der Waals surface area contributed by atoms with Gasteiger partial charge in [0.15, 0.2) is 0 Å². The van der Waals surface area contributed by atoms with Crippen LogP contribution < -0.4 is 5.32 Å². The molecule has 0 radical (unpaired) electrons. The van der Waals surface area contributed by atoms with Crippen molar-refractivity contribution in [3.63, 3.8) is 0 Å². The Morgan fingerprint density at radius 1 is 1.30 bits per heavy atom. The van der Waals surface area contributed by atoms with E-state index in [1.165, 1.54) is 23.3 Å². The molecule has 108 valence electrons. The molecule has 3 nitrogen and oxygen atoms in total. The first-order valence-electron chi connectivity index (χ1n) is 7.46. The molecule has 1 aromatic rings. The maximum Gasteiger partial charge on any atom is 0.233 e. The fraction of sp³-hybridized carbons (Fsp3) is 0.562. The van der Waals surface area contributed by atoms with Crippen molar-refractivity contribution in [2.75, 3.05) is 18.8 Å². The average Bonchev–Trinajstić information content (AvgIpc) is 2.71. The van der Waals surface area contributed by atoms with E-state index < -0.39 is 0 Å². The molecule has 2 unspecified atom stereocenters. The van der Waals surface area contributed by atoms with Gasteiger partial charge in [-0.2, -0.15) is 0 Å². The molecule has 0 spiro atoms. The molecular weight excluding hydrogens is 268 g/mol. The van der Waals surface area contributed by atoms with Crippen LogP contribution in [0.1, 0.15) is 24.8 Å². The molecule has 3 rings (SSSR count). The maximum atomic E-state index is 12.6. The summed E-state index contributed by atoms with van der Waals surface area (Å²) in [7, 11) is 0. The summed E-state index contributed by atoms with van der Waals surface area (Å²) in [6.07, 6.45) is 3.46. The summed E-state index contributed by atoms with van der Waals surface area (Å²) in [5.41, 5.74) is 1.26. The number of hydrogen-bond donors (Lipinski definition) is 1. The lowest BCUT2D eigenvalue weighted by molar-refractivity contribution is -0.130. The molecule has 0 aliphatic carbocycles. The Morgan fingerprint density at radius 3 is 2.95 bits per heavy atom.